The van der Waals surface area contributed by atoms with Crippen molar-refractivity contribution in [1.29, 1.82) is 0 Å². The van der Waals surface area contributed by atoms with Crippen LogP contribution in [0.25, 0.3) is 0 Å². The van der Waals surface area contributed by atoms with Crippen LogP contribution in [-0.4, -0.2) is 31.9 Å². The SMILES string of the molecule is CNCc1ccc2c(c1)N(CCC(C)=O)C(=O)CO2. The highest BCUT2D eigenvalue weighted by Crippen LogP contribution is 2.33. The summed E-state index contributed by atoms with van der Waals surface area (Å²) in [5.41, 5.74) is 1.83. The summed E-state index contributed by atoms with van der Waals surface area (Å²) in [6.07, 6.45) is 0.363. The number of nitrogens with one attached hydrogen (secondary N) is 1. The summed E-state index contributed by atoms with van der Waals surface area (Å²) in [6, 6.07) is 5.77. The van der Waals surface area contributed by atoms with Crippen LogP contribution in [0.1, 0.15) is 18.9 Å². The van der Waals surface area contributed by atoms with Crippen molar-refractivity contribution >= 4 is 17.4 Å². The number of nitrogens with zero attached hydrogens (tertiary/aromatic N) is 1. The average Bonchev–Trinajstić information content (AvgIpc) is 2.37. The van der Waals surface area contributed by atoms with Crippen molar-refractivity contribution in [3.05, 3.63) is 23.8 Å². The van der Waals surface area contributed by atoms with Crippen molar-refractivity contribution in [2.45, 2.75) is 19.9 Å². The molecule has 0 saturated carbocycles. The molecule has 1 aromatic carbocycles. The summed E-state index contributed by atoms with van der Waals surface area (Å²) in [7, 11) is 1.87. The van der Waals surface area contributed by atoms with Gasteiger partial charge < -0.3 is 15.0 Å². The number of hydrogen-bond donors (Lipinski definition) is 1. The van der Waals surface area contributed by atoms with E-state index in [1.165, 1.54) is 6.92 Å². The molecule has 1 heterocycles. The van der Waals surface area contributed by atoms with E-state index in [4.69, 9.17) is 4.74 Å². The summed E-state index contributed by atoms with van der Waals surface area (Å²) in [4.78, 5) is 24.6. The number of rotatable bonds is 5. The van der Waals surface area contributed by atoms with Gasteiger partial charge in [-0.25, -0.2) is 0 Å². The molecule has 19 heavy (non-hydrogen) atoms. The minimum absolute atomic E-state index is 0.0380. The number of ketones is 1. The number of carbonyl (C=O) groups is 2. The standard InChI is InChI=1S/C14H18N2O3/c1-10(17)5-6-16-12-7-11(8-15-2)3-4-13(12)19-9-14(16)18/h3-4,7,15H,5-6,8-9H2,1-2H3. The fourth-order valence-corrected chi connectivity index (χ4v) is 2.08. The Balaban J connectivity index is 2.27. The molecule has 0 spiro atoms. The van der Waals surface area contributed by atoms with Gasteiger partial charge >= 0.3 is 0 Å². The fraction of sp³-hybridized carbons (Fsp3) is 0.429. The van der Waals surface area contributed by atoms with E-state index in [2.05, 4.69) is 5.32 Å². The Labute approximate surface area is 112 Å². The first-order valence-corrected chi connectivity index (χ1v) is 6.32. The highest BCUT2D eigenvalue weighted by Gasteiger charge is 2.25. The summed E-state index contributed by atoms with van der Waals surface area (Å²) in [6.45, 7) is 2.70. The van der Waals surface area contributed by atoms with Crippen LogP contribution < -0.4 is 15.0 Å². The summed E-state index contributed by atoms with van der Waals surface area (Å²) >= 11 is 0. The van der Waals surface area contributed by atoms with Crippen LogP contribution >= 0.6 is 0 Å². The molecule has 1 aliphatic heterocycles. The maximum Gasteiger partial charge on any atom is 0.265 e. The Morgan fingerprint density at radius 2 is 2.26 bits per heavy atom. The van der Waals surface area contributed by atoms with E-state index < -0.39 is 0 Å². The third-order valence-electron chi connectivity index (χ3n) is 3.03. The molecule has 2 rings (SSSR count). The van der Waals surface area contributed by atoms with Gasteiger partial charge in [-0.05, 0) is 31.7 Å². The molecule has 0 atom stereocenters. The van der Waals surface area contributed by atoms with Gasteiger partial charge in [0.15, 0.2) is 6.61 Å². The van der Waals surface area contributed by atoms with Crippen LogP contribution in [0.3, 0.4) is 0 Å². The molecule has 1 N–H and O–H groups in total. The highest BCUT2D eigenvalue weighted by atomic mass is 16.5. The number of hydrogen-bond acceptors (Lipinski definition) is 4. The largest absolute Gasteiger partial charge is 0.482 e. The maximum atomic E-state index is 11.9. The van der Waals surface area contributed by atoms with Gasteiger partial charge in [-0.1, -0.05) is 6.07 Å². The van der Waals surface area contributed by atoms with Gasteiger partial charge in [0.1, 0.15) is 11.5 Å². The smallest absolute Gasteiger partial charge is 0.265 e. The summed E-state index contributed by atoms with van der Waals surface area (Å²) < 4.78 is 5.41. The monoisotopic (exact) mass is 262 g/mol. The molecule has 5 nitrogen and oxygen atoms in total. The second kappa shape index (κ2) is 5.84. The number of anilines is 1. The third-order valence-corrected chi connectivity index (χ3v) is 3.03. The first kappa shape index (κ1) is 13.5. The van der Waals surface area contributed by atoms with E-state index in [0.717, 1.165) is 17.8 Å². The van der Waals surface area contributed by atoms with E-state index in [-0.39, 0.29) is 18.3 Å². The molecule has 0 unspecified atom stereocenters. The van der Waals surface area contributed by atoms with Crippen LogP contribution in [0.2, 0.25) is 0 Å². The molecule has 1 aliphatic rings. The summed E-state index contributed by atoms with van der Waals surface area (Å²) in [5, 5.41) is 3.07. The number of amides is 1. The predicted molar refractivity (Wildman–Crippen MR) is 72.4 cm³/mol. The maximum absolute atomic E-state index is 11.9. The minimum atomic E-state index is -0.102. The molecule has 102 valence electrons. The second-order valence-corrected chi connectivity index (χ2v) is 4.62. The van der Waals surface area contributed by atoms with Gasteiger partial charge in [0, 0.05) is 19.5 Å². The molecule has 5 heteroatoms. The number of benzene rings is 1. The number of carbonyl (C=O) groups excluding carboxylic acids is 2. The second-order valence-electron chi connectivity index (χ2n) is 4.62. The lowest BCUT2D eigenvalue weighted by Crippen LogP contribution is -2.40. The molecule has 0 radical (unpaired) electrons. The average molecular weight is 262 g/mol. The summed E-state index contributed by atoms with van der Waals surface area (Å²) in [5.74, 6) is 0.672. The van der Waals surface area contributed by atoms with Gasteiger partial charge in [-0.15, -0.1) is 0 Å². The van der Waals surface area contributed by atoms with Crippen LogP contribution in [0, 0.1) is 0 Å². The topological polar surface area (TPSA) is 58.6 Å². The fourth-order valence-electron chi connectivity index (χ4n) is 2.08. The zero-order valence-corrected chi connectivity index (χ0v) is 11.2. The number of fused-ring (bicyclic) bond motifs is 1. The van der Waals surface area contributed by atoms with E-state index >= 15 is 0 Å². The Kier molecular flexibility index (Phi) is 4.16. The Morgan fingerprint density at radius 3 is 2.95 bits per heavy atom. The van der Waals surface area contributed by atoms with Crippen LogP contribution in [0.4, 0.5) is 5.69 Å². The van der Waals surface area contributed by atoms with Crippen molar-refractivity contribution in [2.75, 3.05) is 25.1 Å². The van der Waals surface area contributed by atoms with Crippen molar-refractivity contribution in [1.82, 2.24) is 5.32 Å². The zero-order valence-electron chi connectivity index (χ0n) is 11.2. The normalized spacial score (nSPS) is 14.0. The number of ether oxygens (including phenoxy) is 1. The first-order chi connectivity index (χ1) is 9.11. The first-order valence-electron chi connectivity index (χ1n) is 6.32. The lowest BCUT2D eigenvalue weighted by molar-refractivity contribution is -0.121. The molecule has 0 aromatic heterocycles. The quantitative estimate of drug-likeness (QED) is 0.863. The van der Waals surface area contributed by atoms with Crippen LogP contribution in [-0.2, 0) is 16.1 Å². The lowest BCUT2D eigenvalue weighted by Gasteiger charge is -2.29. The Morgan fingerprint density at radius 1 is 1.47 bits per heavy atom. The van der Waals surface area contributed by atoms with E-state index in [1.807, 2.05) is 25.2 Å². The molecular weight excluding hydrogens is 244 g/mol. The molecule has 1 amide bonds. The van der Waals surface area contributed by atoms with Crippen molar-refractivity contribution in [3.63, 3.8) is 0 Å². The van der Waals surface area contributed by atoms with Gasteiger partial charge in [-0.3, -0.25) is 9.59 Å². The van der Waals surface area contributed by atoms with E-state index in [1.54, 1.807) is 4.90 Å². The molecule has 0 saturated heterocycles. The van der Waals surface area contributed by atoms with Crippen molar-refractivity contribution in [2.24, 2.45) is 0 Å². The van der Waals surface area contributed by atoms with Crippen molar-refractivity contribution < 1.29 is 14.3 Å². The van der Waals surface area contributed by atoms with E-state index in [9.17, 15) is 9.59 Å². The minimum Gasteiger partial charge on any atom is -0.482 e. The highest BCUT2D eigenvalue weighted by molar-refractivity contribution is 5.98. The van der Waals surface area contributed by atoms with Crippen molar-refractivity contribution in [3.8, 4) is 5.75 Å². The molecule has 0 bridgehead atoms. The predicted octanol–water partition coefficient (Wildman–Crippen LogP) is 1.11. The van der Waals surface area contributed by atoms with Gasteiger partial charge in [0.05, 0.1) is 5.69 Å². The molecular formula is C14H18N2O3. The molecule has 1 aromatic rings. The van der Waals surface area contributed by atoms with Crippen LogP contribution in [0.15, 0.2) is 18.2 Å². The third kappa shape index (κ3) is 3.12. The molecule has 0 aliphatic carbocycles. The number of Topliss-reactive ketones (excluding diaryl/α,β-unsaturated/α-hetero) is 1. The van der Waals surface area contributed by atoms with E-state index in [0.29, 0.717) is 18.7 Å². The van der Waals surface area contributed by atoms with Crippen LogP contribution in [0.5, 0.6) is 5.75 Å². The van der Waals surface area contributed by atoms with Gasteiger partial charge in [0.25, 0.3) is 5.91 Å². The lowest BCUT2D eigenvalue weighted by atomic mass is 10.1. The zero-order chi connectivity index (χ0) is 13.8. The van der Waals surface area contributed by atoms with Gasteiger partial charge in [0.2, 0.25) is 0 Å². The molecule has 0 fully saturated rings. The Hall–Kier alpha value is -1.88. The van der Waals surface area contributed by atoms with Gasteiger partial charge in [-0.2, -0.15) is 0 Å². The Bertz CT molecular complexity index is 499.